The number of alkyl halides is 1. The predicted molar refractivity (Wildman–Crippen MR) is 77.8 cm³/mol. The van der Waals surface area contributed by atoms with Crippen molar-refractivity contribution in [1.82, 2.24) is 14.8 Å². The molecule has 4 nitrogen and oxygen atoms in total. The van der Waals surface area contributed by atoms with Crippen LogP contribution in [-0.2, 0) is 10.9 Å². The van der Waals surface area contributed by atoms with E-state index < -0.39 is 0 Å². The first-order chi connectivity index (χ1) is 8.97. The first-order valence-corrected chi connectivity index (χ1v) is 7.11. The molecule has 1 aromatic carbocycles. The van der Waals surface area contributed by atoms with E-state index in [4.69, 9.17) is 5.26 Å². The van der Waals surface area contributed by atoms with Crippen molar-refractivity contribution in [2.75, 3.05) is 0 Å². The molecule has 1 heterocycles. The summed E-state index contributed by atoms with van der Waals surface area (Å²) in [6, 6.07) is 9.59. The molecule has 0 aliphatic heterocycles. The molecule has 0 N–H and O–H groups in total. The van der Waals surface area contributed by atoms with Gasteiger partial charge in [-0.3, -0.25) is 0 Å². The molecule has 1 aromatic heterocycles. The van der Waals surface area contributed by atoms with Gasteiger partial charge in [0.05, 0.1) is 17.0 Å². The fraction of sp³-hybridized carbons (Fsp3) is 0.357. The standard InChI is InChI=1S/C14H15BrN4/c1-14(2,3)19-12(8-15)17-18-13(19)11-6-4-5-10(7-11)9-16/h4-7H,8H2,1-3H3. The van der Waals surface area contributed by atoms with E-state index in [9.17, 15) is 0 Å². The normalized spacial score (nSPS) is 11.3. The summed E-state index contributed by atoms with van der Waals surface area (Å²) in [5, 5.41) is 18.1. The zero-order chi connectivity index (χ0) is 14.0. The maximum Gasteiger partial charge on any atom is 0.164 e. The predicted octanol–water partition coefficient (Wildman–Crippen LogP) is 3.47. The lowest BCUT2D eigenvalue weighted by Gasteiger charge is -2.24. The zero-order valence-corrected chi connectivity index (χ0v) is 12.8. The van der Waals surface area contributed by atoms with E-state index in [0.29, 0.717) is 10.9 Å². The summed E-state index contributed by atoms with van der Waals surface area (Å²) in [6.07, 6.45) is 0. The van der Waals surface area contributed by atoms with Crippen molar-refractivity contribution < 1.29 is 0 Å². The SMILES string of the molecule is CC(C)(C)n1c(CBr)nnc1-c1cccc(C#N)c1. The van der Waals surface area contributed by atoms with Gasteiger partial charge in [0.15, 0.2) is 5.82 Å². The lowest BCUT2D eigenvalue weighted by molar-refractivity contribution is 0.391. The third kappa shape index (κ3) is 2.69. The van der Waals surface area contributed by atoms with Crippen LogP contribution in [0, 0.1) is 11.3 Å². The van der Waals surface area contributed by atoms with Crippen LogP contribution in [0.25, 0.3) is 11.4 Å². The minimum absolute atomic E-state index is 0.120. The number of nitrogens with zero attached hydrogens (tertiary/aromatic N) is 4. The molecule has 19 heavy (non-hydrogen) atoms. The molecule has 2 aromatic rings. The van der Waals surface area contributed by atoms with Gasteiger partial charge in [0.1, 0.15) is 5.82 Å². The molecular formula is C14H15BrN4. The molecule has 0 aliphatic rings. The van der Waals surface area contributed by atoms with Crippen LogP contribution in [0.5, 0.6) is 0 Å². The summed E-state index contributed by atoms with van der Waals surface area (Å²) in [7, 11) is 0. The molecule has 0 atom stereocenters. The Morgan fingerprint density at radius 1 is 1.32 bits per heavy atom. The van der Waals surface area contributed by atoms with Gasteiger partial charge in [-0.2, -0.15) is 5.26 Å². The highest BCUT2D eigenvalue weighted by Crippen LogP contribution is 2.27. The summed E-state index contributed by atoms with van der Waals surface area (Å²) in [5.74, 6) is 1.67. The first kappa shape index (κ1) is 13.8. The molecule has 0 bridgehead atoms. The van der Waals surface area contributed by atoms with E-state index in [-0.39, 0.29) is 5.54 Å². The van der Waals surface area contributed by atoms with Gasteiger partial charge < -0.3 is 4.57 Å². The number of hydrogen-bond acceptors (Lipinski definition) is 3. The molecular weight excluding hydrogens is 304 g/mol. The second-order valence-electron chi connectivity index (χ2n) is 5.27. The minimum Gasteiger partial charge on any atom is -0.305 e. The summed E-state index contributed by atoms with van der Waals surface area (Å²) in [6.45, 7) is 6.33. The number of rotatable bonds is 2. The van der Waals surface area contributed by atoms with Gasteiger partial charge in [0.25, 0.3) is 0 Å². The monoisotopic (exact) mass is 318 g/mol. The van der Waals surface area contributed by atoms with Crippen molar-refractivity contribution in [2.24, 2.45) is 0 Å². The Morgan fingerprint density at radius 3 is 2.63 bits per heavy atom. The van der Waals surface area contributed by atoms with Gasteiger partial charge in [-0.1, -0.05) is 28.1 Å². The van der Waals surface area contributed by atoms with Crippen molar-refractivity contribution in [3.63, 3.8) is 0 Å². The number of hydrogen-bond donors (Lipinski definition) is 0. The van der Waals surface area contributed by atoms with Crippen molar-refractivity contribution in [3.05, 3.63) is 35.7 Å². The third-order valence-electron chi connectivity index (χ3n) is 2.77. The number of benzene rings is 1. The van der Waals surface area contributed by atoms with Crippen LogP contribution in [0.3, 0.4) is 0 Å². The van der Waals surface area contributed by atoms with Gasteiger partial charge >= 0.3 is 0 Å². The summed E-state index contributed by atoms with van der Waals surface area (Å²) in [5.41, 5.74) is 1.42. The molecule has 0 saturated carbocycles. The largest absolute Gasteiger partial charge is 0.305 e. The third-order valence-corrected chi connectivity index (χ3v) is 3.27. The molecule has 0 saturated heterocycles. The van der Waals surface area contributed by atoms with Gasteiger partial charge in [0.2, 0.25) is 0 Å². The average Bonchev–Trinajstić information content (AvgIpc) is 2.82. The molecule has 0 unspecified atom stereocenters. The summed E-state index contributed by atoms with van der Waals surface area (Å²) >= 11 is 3.44. The lowest BCUT2D eigenvalue weighted by Crippen LogP contribution is -2.24. The maximum absolute atomic E-state index is 8.99. The Labute approximate surface area is 121 Å². The van der Waals surface area contributed by atoms with Crippen molar-refractivity contribution in [3.8, 4) is 17.5 Å². The molecule has 2 rings (SSSR count). The van der Waals surface area contributed by atoms with Gasteiger partial charge in [0, 0.05) is 11.1 Å². The topological polar surface area (TPSA) is 54.5 Å². The minimum atomic E-state index is -0.120. The first-order valence-electron chi connectivity index (χ1n) is 5.98. The zero-order valence-electron chi connectivity index (χ0n) is 11.2. The number of halogens is 1. The highest BCUT2D eigenvalue weighted by Gasteiger charge is 2.23. The Kier molecular flexibility index (Phi) is 3.72. The van der Waals surface area contributed by atoms with E-state index >= 15 is 0 Å². The van der Waals surface area contributed by atoms with Crippen LogP contribution in [0.2, 0.25) is 0 Å². The van der Waals surface area contributed by atoms with Gasteiger partial charge in [-0.05, 0) is 32.9 Å². The average molecular weight is 319 g/mol. The van der Waals surface area contributed by atoms with Crippen molar-refractivity contribution >= 4 is 15.9 Å². The fourth-order valence-electron chi connectivity index (χ4n) is 2.02. The van der Waals surface area contributed by atoms with Crippen molar-refractivity contribution in [2.45, 2.75) is 31.6 Å². The summed E-state index contributed by atoms with van der Waals surface area (Å²) < 4.78 is 2.10. The Morgan fingerprint density at radius 2 is 2.05 bits per heavy atom. The quantitative estimate of drug-likeness (QED) is 0.797. The molecule has 0 radical (unpaired) electrons. The van der Waals surface area contributed by atoms with Gasteiger partial charge in [-0.15, -0.1) is 10.2 Å². The van der Waals surface area contributed by atoms with E-state index in [1.165, 1.54) is 0 Å². The highest BCUT2D eigenvalue weighted by atomic mass is 79.9. The number of aromatic nitrogens is 3. The molecule has 0 aliphatic carbocycles. The Bertz CT molecular complexity index is 632. The van der Waals surface area contributed by atoms with Crippen molar-refractivity contribution in [1.29, 1.82) is 5.26 Å². The van der Waals surface area contributed by atoms with Crippen LogP contribution in [-0.4, -0.2) is 14.8 Å². The smallest absolute Gasteiger partial charge is 0.164 e. The molecule has 0 spiro atoms. The van der Waals surface area contributed by atoms with Crippen LogP contribution < -0.4 is 0 Å². The van der Waals surface area contributed by atoms with Gasteiger partial charge in [-0.25, -0.2) is 0 Å². The van der Waals surface area contributed by atoms with E-state index in [1.807, 2.05) is 18.2 Å². The Balaban J connectivity index is 2.63. The second-order valence-corrected chi connectivity index (χ2v) is 5.83. The van der Waals surface area contributed by atoms with E-state index in [0.717, 1.165) is 17.2 Å². The molecule has 98 valence electrons. The van der Waals surface area contributed by atoms with Crippen LogP contribution in [0.15, 0.2) is 24.3 Å². The molecule has 0 fully saturated rings. The number of nitriles is 1. The Hall–Kier alpha value is -1.67. The maximum atomic E-state index is 8.99. The lowest BCUT2D eigenvalue weighted by atomic mass is 10.1. The van der Waals surface area contributed by atoms with E-state index in [2.05, 4.69) is 57.5 Å². The van der Waals surface area contributed by atoms with Crippen LogP contribution >= 0.6 is 15.9 Å². The van der Waals surface area contributed by atoms with Crippen LogP contribution in [0.1, 0.15) is 32.2 Å². The fourth-order valence-corrected chi connectivity index (χ4v) is 2.39. The second kappa shape index (κ2) is 5.14. The molecule has 5 heteroatoms. The summed E-state index contributed by atoms with van der Waals surface area (Å²) in [4.78, 5) is 0. The van der Waals surface area contributed by atoms with E-state index in [1.54, 1.807) is 6.07 Å². The van der Waals surface area contributed by atoms with Crippen LogP contribution in [0.4, 0.5) is 0 Å². The molecule has 0 amide bonds. The highest BCUT2D eigenvalue weighted by molar-refractivity contribution is 9.08.